The van der Waals surface area contributed by atoms with Crippen LogP contribution in [0.25, 0.3) is 0 Å². The van der Waals surface area contributed by atoms with E-state index in [0.29, 0.717) is 6.42 Å². The van der Waals surface area contributed by atoms with Gasteiger partial charge in [0.2, 0.25) is 5.91 Å². The molecule has 0 spiro atoms. The molecule has 0 heterocycles. The van der Waals surface area contributed by atoms with Crippen LogP contribution in [0.4, 0.5) is 0 Å². The Balaban J connectivity index is 2.74. The monoisotopic (exact) mass is 389 g/mol. The second-order valence-electron chi connectivity index (χ2n) is 5.71. The molecule has 1 rings (SSSR count). The number of nitrogens with zero attached hydrogens (tertiary/aromatic N) is 1. The molecule has 0 N–H and O–H groups in total. The van der Waals surface area contributed by atoms with Crippen LogP contribution in [0.2, 0.25) is 0 Å². The normalized spacial score (nSPS) is 13.2. The number of hydrogen-bond acceptors (Lipinski definition) is 1. The molecular formula is C15H21Br2NO. The molecule has 1 amide bonds. The predicted octanol–water partition coefficient (Wildman–Crippen LogP) is 4.78. The maximum Gasteiger partial charge on any atom is 0.223 e. The second-order valence-corrected chi connectivity index (χ2v) is 7.18. The Labute approximate surface area is 132 Å². The molecule has 1 unspecified atom stereocenters. The Kier molecular flexibility index (Phi) is 6.06. The molecule has 0 saturated heterocycles. The highest BCUT2D eigenvalue weighted by Gasteiger charge is 2.25. The molecule has 1 atom stereocenters. The second kappa shape index (κ2) is 6.89. The fourth-order valence-electron chi connectivity index (χ4n) is 1.76. The van der Waals surface area contributed by atoms with E-state index < -0.39 is 0 Å². The van der Waals surface area contributed by atoms with Crippen molar-refractivity contribution < 1.29 is 4.79 Å². The summed E-state index contributed by atoms with van der Waals surface area (Å²) in [5, 5.41) is 0.826. The third-order valence-corrected chi connectivity index (χ3v) is 5.36. The molecule has 2 nitrogen and oxygen atoms in total. The lowest BCUT2D eigenvalue weighted by Gasteiger charge is -2.29. The smallest absolute Gasteiger partial charge is 0.223 e. The van der Waals surface area contributed by atoms with E-state index in [9.17, 15) is 4.79 Å². The molecule has 19 heavy (non-hydrogen) atoms. The van der Waals surface area contributed by atoms with Gasteiger partial charge in [0.05, 0.1) is 6.04 Å². The number of carbonyl (C=O) groups excluding carboxylic acids is 1. The number of amides is 1. The third kappa shape index (κ3) is 4.92. The molecule has 4 heteroatoms. The summed E-state index contributed by atoms with van der Waals surface area (Å²) in [4.78, 5) is 14.1. The van der Waals surface area contributed by atoms with Crippen molar-refractivity contribution >= 4 is 37.8 Å². The van der Waals surface area contributed by atoms with Gasteiger partial charge in [-0.25, -0.2) is 0 Å². The molecule has 0 radical (unpaired) electrons. The Hall–Kier alpha value is -0.350. The van der Waals surface area contributed by atoms with Crippen molar-refractivity contribution in [2.45, 2.75) is 33.2 Å². The molecule has 0 aliphatic rings. The fourth-order valence-corrected chi connectivity index (χ4v) is 2.22. The topological polar surface area (TPSA) is 20.3 Å². The van der Waals surface area contributed by atoms with E-state index in [0.717, 1.165) is 15.4 Å². The Morgan fingerprint density at radius 1 is 1.32 bits per heavy atom. The lowest BCUT2D eigenvalue weighted by atomic mass is 9.91. The van der Waals surface area contributed by atoms with Crippen LogP contribution in [0, 0.1) is 5.41 Å². The quantitative estimate of drug-likeness (QED) is 0.662. The molecule has 1 aromatic carbocycles. The Morgan fingerprint density at radius 3 is 2.32 bits per heavy atom. The fraction of sp³-hybridized carbons (Fsp3) is 0.533. The van der Waals surface area contributed by atoms with Crippen molar-refractivity contribution in [3.05, 3.63) is 34.3 Å². The minimum atomic E-state index is -0.00915. The maximum absolute atomic E-state index is 12.3. The molecule has 0 aliphatic carbocycles. The highest BCUT2D eigenvalue weighted by atomic mass is 79.9. The first-order valence-corrected chi connectivity index (χ1v) is 8.25. The van der Waals surface area contributed by atoms with Crippen molar-refractivity contribution in [1.29, 1.82) is 0 Å². The molecule has 0 bridgehead atoms. The minimum absolute atomic E-state index is 0.00915. The van der Waals surface area contributed by atoms with Gasteiger partial charge >= 0.3 is 0 Å². The lowest BCUT2D eigenvalue weighted by Crippen LogP contribution is -2.33. The van der Waals surface area contributed by atoms with E-state index in [4.69, 9.17) is 0 Å². The zero-order chi connectivity index (χ0) is 14.6. The van der Waals surface area contributed by atoms with Gasteiger partial charge in [-0.3, -0.25) is 4.79 Å². The van der Waals surface area contributed by atoms with Gasteiger partial charge in [0, 0.05) is 23.3 Å². The van der Waals surface area contributed by atoms with Crippen molar-refractivity contribution in [2.75, 3.05) is 12.4 Å². The van der Waals surface area contributed by atoms with Gasteiger partial charge in [0.1, 0.15) is 0 Å². The number of benzene rings is 1. The van der Waals surface area contributed by atoms with Crippen LogP contribution < -0.4 is 0 Å². The number of alkyl halides is 1. The zero-order valence-electron chi connectivity index (χ0n) is 11.9. The van der Waals surface area contributed by atoms with Gasteiger partial charge in [-0.2, -0.15) is 0 Å². The van der Waals surface area contributed by atoms with Crippen molar-refractivity contribution in [3.63, 3.8) is 0 Å². The van der Waals surface area contributed by atoms with Crippen LogP contribution in [0.5, 0.6) is 0 Å². The first-order valence-electron chi connectivity index (χ1n) is 6.34. The van der Waals surface area contributed by atoms with Gasteiger partial charge in [-0.1, -0.05) is 57.8 Å². The van der Waals surface area contributed by atoms with Crippen LogP contribution in [0.3, 0.4) is 0 Å². The average molecular weight is 391 g/mol. The minimum Gasteiger partial charge on any atom is -0.339 e. The lowest BCUT2D eigenvalue weighted by molar-refractivity contribution is -0.133. The summed E-state index contributed by atoms with van der Waals surface area (Å²) >= 11 is 6.89. The molecule has 0 aliphatic heterocycles. The zero-order valence-corrected chi connectivity index (χ0v) is 15.1. The predicted molar refractivity (Wildman–Crippen MR) is 87.5 cm³/mol. The van der Waals surface area contributed by atoms with E-state index in [1.165, 1.54) is 0 Å². The molecule has 0 fully saturated rings. The van der Waals surface area contributed by atoms with Crippen molar-refractivity contribution in [1.82, 2.24) is 4.90 Å². The molecule has 0 aromatic heterocycles. The summed E-state index contributed by atoms with van der Waals surface area (Å²) in [7, 11) is 1.87. The average Bonchev–Trinajstić information content (AvgIpc) is 2.37. The summed E-state index contributed by atoms with van der Waals surface area (Å²) < 4.78 is 1.05. The van der Waals surface area contributed by atoms with E-state index in [2.05, 4.69) is 52.6 Å². The summed E-state index contributed by atoms with van der Waals surface area (Å²) in [5.41, 5.74) is 1.14. The first-order chi connectivity index (χ1) is 8.76. The summed E-state index contributed by atoms with van der Waals surface area (Å²) in [6.45, 7) is 6.25. The van der Waals surface area contributed by atoms with Crippen LogP contribution in [0.15, 0.2) is 28.7 Å². The molecular weight excluding hydrogens is 370 g/mol. The summed E-state index contributed by atoms with van der Waals surface area (Å²) in [5.74, 6) is 0.180. The Bertz CT molecular complexity index is 428. The molecule has 0 saturated carbocycles. The first kappa shape index (κ1) is 16.7. The number of hydrogen-bond donors (Lipinski definition) is 0. The summed E-state index contributed by atoms with van der Waals surface area (Å²) in [6, 6.07) is 8.20. The third-order valence-electron chi connectivity index (χ3n) is 3.32. The van der Waals surface area contributed by atoms with Crippen LogP contribution >= 0.6 is 31.9 Å². The van der Waals surface area contributed by atoms with Crippen LogP contribution in [-0.2, 0) is 4.79 Å². The van der Waals surface area contributed by atoms with Crippen molar-refractivity contribution in [3.8, 4) is 0 Å². The number of carbonyl (C=O) groups is 1. The number of rotatable bonds is 5. The van der Waals surface area contributed by atoms with E-state index in [1.54, 1.807) is 0 Å². The standard InChI is InChI=1S/C15H21Br2NO/c1-11(12-5-7-13(17)8-6-12)18(4)14(19)9-15(2,3)10-16/h5-8,11H,9-10H2,1-4H3. The van der Waals surface area contributed by atoms with Gasteiger partial charge in [0.25, 0.3) is 0 Å². The van der Waals surface area contributed by atoms with E-state index >= 15 is 0 Å². The van der Waals surface area contributed by atoms with Crippen LogP contribution in [-0.4, -0.2) is 23.2 Å². The van der Waals surface area contributed by atoms with Gasteiger partial charge in [-0.15, -0.1) is 0 Å². The Morgan fingerprint density at radius 2 is 1.84 bits per heavy atom. The highest BCUT2D eigenvalue weighted by Crippen LogP contribution is 2.27. The molecule has 106 valence electrons. The van der Waals surface area contributed by atoms with Crippen LogP contribution in [0.1, 0.15) is 38.8 Å². The molecule has 1 aromatic rings. The largest absolute Gasteiger partial charge is 0.339 e. The highest BCUT2D eigenvalue weighted by molar-refractivity contribution is 9.10. The number of halogens is 2. The van der Waals surface area contributed by atoms with Gasteiger partial charge < -0.3 is 4.90 Å². The van der Waals surface area contributed by atoms with Gasteiger partial charge in [-0.05, 0) is 30.0 Å². The SMILES string of the molecule is CC(c1ccc(Br)cc1)N(C)C(=O)CC(C)(C)CBr. The maximum atomic E-state index is 12.3. The van der Waals surface area contributed by atoms with Crippen molar-refractivity contribution in [2.24, 2.45) is 5.41 Å². The van der Waals surface area contributed by atoms with Gasteiger partial charge in [0.15, 0.2) is 0 Å². The van der Waals surface area contributed by atoms with E-state index in [1.807, 2.05) is 36.2 Å². The van der Waals surface area contributed by atoms with E-state index in [-0.39, 0.29) is 17.4 Å². The summed E-state index contributed by atoms with van der Waals surface area (Å²) in [6.07, 6.45) is 0.551.